The molecule has 1 nitrogen and oxygen atoms in total. The fraction of sp³-hybridized carbons (Fsp3) is 0.667. The van der Waals surface area contributed by atoms with Gasteiger partial charge in [-0.25, -0.2) is 0 Å². The van der Waals surface area contributed by atoms with E-state index in [1.165, 1.54) is 19.3 Å². The second kappa shape index (κ2) is 5.54. The van der Waals surface area contributed by atoms with Gasteiger partial charge in [0.05, 0.1) is 12.2 Å². The van der Waals surface area contributed by atoms with E-state index in [9.17, 15) is 0 Å². The monoisotopic (exact) mass is 370 g/mol. The first-order valence-corrected chi connectivity index (χ1v) is 9.36. The summed E-state index contributed by atoms with van der Waals surface area (Å²) < 4.78 is 6.57. The van der Waals surface area contributed by atoms with Crippen LogP contribution in [0.5, 0.6) is 0 Å². The molecule has 2 aliphatic carbocycles. The van der Waals surface area contributed by atoms with Gasteiger partial charge in [-0.15, -0.1) is 0 Å². The van der Waals surface area contributed by atoms with Gasteiger partial charge < -0.3 is 4.74 Å². The quantitative estimate of drug-likeness (QED) is 0.589. The van der Waals surface area contributed by atoms with Gasteiger partial charge in [0.1, 0.15) is 0 Å². The topological polar surface area (TPSA) is 9.23 Å². The molecule has 4 atom stereocenters. The van der Waals surface area contributed by atoms with Crippen LogP contribution in [0, 0.1) is 16.7 Å². The standard InChI is InChI=1S/C18H24BrClO/c1-17(2)12-8-9-18(17,3)16(10-12)21-15(11-19)13-6-4-5-7-14(13)20/h4-7,12,15-16H,8-11H2,1-3H3. The van der Waals surface area contributed by atoms with Gasteiger partial charge in [-0.2, -0.15) is 0 Å². The Bertz CT molecular complexity index is 530. The molecule has 0 spiro atoms. The summed E-state index contributed by atoms with van der Waals surface area (Å²) in [5.74, 6) is 0.801. The van der Waals surface area contributed by atoms with Crippen LogP contribution in [0.4, 0.5) is 0 Å². The largest absolute Gasteiger partial charge is 0.369 e. The lowest BCUT2D eigenvalue weighted by atomic mass is 9.70. The van der Waals surface area contributed by atoms with E-state index in [1.54, 1.807) is 0 Å². The van der Waals surface area contributed by atoms with Gasteiger partial charge in [0, 0.05) is 15.9 Å². The average Bonchev–Trinajstić information content (AvgIpc) is 2.78. The van der Waals surface area contributed by atoms with Crippen molar-refractivity contribution in [3.8, 4) is 0 Å². The Balaban J connectivity index is 1.82. The third-order valence-electron chi connectivity index (χ3n) is 6.43. The first-order valence-electron chi connectivity index (χ1n) is 7.86. The van der Waals surface area contributed by atoms with E-state index >= 15 is 0 Å². The molecule has 1 aromatic carbocycles. The second-order valence-corrected chi connectivity index (χ2v) is 8.45. The van der Waals surface area contributed by atoms with Crippen LogP contribution in [0.2, 0.25) is 5.02 Å². The van der Waals surface area contributed by atoms with Crippen molar-refractivity contribution in [1.29, 1.82) is 0 Å². The van der Waals surface area contributed by atoms with E-state index in [2.05, 4.69) is 42.8 Å². The maximum atomic E-state index is 6.57. The summed E-state index contributed by atoms with van der Waals surface area (Å²) in [5, 5.41) is 1.59. The predicted molar refractivity (Wildman–Crippen MR) is 92.1 cm³/mol. The average molecular weight is 372 g/mol. The van der Waals surface area contributed by atoms with Gasteiger partial charge in [0.25, 0.3) is 0 Å². The molecule has 116 valence electrons. The minimum absolute atomic E-state index is 0.0377. The molecule has 2 aliphatic rings. The van der Waals surface area contributed by atoms with Crippen LogP contribution in [0.15, 0.2) is 24.3 Å². The van der Waals surface area contributed by atoms with Crippen LogP contribution in [-0.4, -0.2) is 11.4 Å². The molecule has 2 saturated carbocycles. The van der Waals surface area contributed by atoms with Gasteiger partial charge in [0.15, 0.2) is 0 Å². The Labute approximate surface area is 141 Å². The van der Waals surface area contributed by atoms with Crippen LogP contribution in [-0.2, 0) is 4.74 Å². The fourth-order valence-corrected chi connectivity index (χ4v) is 5.22. The Hall–Kier alpha value is -0.0500. The molecule has 0 heterocycles. The number of ether oxygens (including phenoxy) is 1. The summed E-state index contributed by atoms with van der Waals surface area (Å²) in [7, 11) is 0. The Kier molecular flexibility index (Phi) is 4.18. The number of rotatable bonds is 4. The lowest BCUT2D eigenvalue weighted by Gasteiger charge is -2.40. The smallest absolute Gasteiger partial charge is 0.0940 e. The summed E-state index contributed by atoms with van der Waals surface area (Å²) in [5.41, 5.74) is 1.77. The van der Waals surface area contributed by atoms with Crippen molar-refractivity contribution in [2.24, 2.45) is 16.7 Å². The van der Waals surface area contributed by atoms with Crippen molar-refractivity contribution in [2.75, 3.05) is 5.33 Å². The number of benzene rings is 1. The van der Waals surface area contributed by atoms with Crippen molar-refractivity contribution in [1.82, 2.24) is 0 Å². The summed E-state index contributed by atoms with van der Waals surface area (Å²) in [4.78, 5) is 0. The molecule has 0 aliphatic heterocycles. The zero-order valence-electron chi connectivity index (χ0n) is 13.0. The number of hydrogen-bond donors (Lipinski definition) is 0. The van der Waals surface area contributed by atoms with Crippen LogP contribution in [0.25, 0.3) is 0 Å². The Morgan fingerprint density at radius 1 is 1.33 bits per heavy atom. The van der Waals surface area contributed by atoms with E-state index < -0.39 is 0 Å². The SMILES string of the molecule is CC1(C)C2CCC1(C)C(OC(CBr)c1ccccc1Cl)C2. The van der Waals surface area contributed by atoms with Crippen LogP contribution < -0.4 is 0 Å². The Morgan fingerprint density at radius 3 is 2.57 bits per heavy atom. The maximum absolute atomic E-state index is 6.57. The van der Waals surface area contributed by atoms with E-state index in [0.717, 1.165) is 21.8 Å². The molecule has 1 aromatic rings. The molecule has 21 heavy (non-hydrogen) atoms. The zero-order chi connectivity index (χ0) is 15.3. The highest BCUT2D eigenvalue weighted by atomic mass is 79.9. The third kappa shape index (κ3) is 2.38. The summed E-state index contributed by atoms with van der Waals surface area (Å²) >= 11 is 9.96. The highest BCUT2D eigenvalue weighted by Crippen LogP contribution is 2.66. The molecule has 2 bridgehead atoms. The zero-order valence-corrected chi connectivity index (χ0v) is 15.4. The van der Waals surface area contributed by atoms with Gasteiger partial charge in [0.2, 0.25) is 0 Å². The molecule has 0 aromatic heterocycles. The molecule has 0 saturated heterocycles. The summed E-state index contributed by atoms with van der Waals surface area (Å²) in [6.07, 6.45) is 4.21. The number of hydrogen-bond acceptors (Lipinski definition) is 1. The molecule has 0 amide bonds. The maximum Gasteiger partial charge on any atom is 0.0940 e. The number of halogens is 2. The molecule has 2 fully saturated rings. The van der Waals surface area contributed by atoms with Crippen molar-refractivity contribution in [3.63, 3.8) is 0 Å². The minimum atomic E-state index is 0.0377. The minimum Gasteiger partial charge on any atom is -0.369 e. The molecular weight excluding hydrogens is 348 g/mol. The van der Waals surface area contributed by atoms with Crippen LogP contribution in [0.3, 0.4) is 0 Å². The predicted octanol–water partition coefficient (Wildman–Crippen LogP) is 6.01. The van der Waals surface area contributed by atoms with Crippen LogP contribution >= 0.6 is 27.5 Å². The summed E-state index contributed by atoms with van der Waals surface area (Å²) in [6, 6.07) is 8.03. The molecular formula is C18H24BrClO. The number of fused-ring (bicyclic) bond motifs is 2. The van der Waals surface area contributed by atoms with Gasteiger partial charge in [-0.3, -0.25) is 0 Å². The van der Waals surface area contributed by atoms with Crippen molar-refractivity contribution in [2.45, 2.75) is 52.2 Å². The molecule has 3 rings (SSSR count). The van der Waals surface area contributed by atoms with E-state index in [-0.39, 0.29) is 6.10 Å². The molecule has 3 heteroatoms. The van der Waals surface area contributed by atoms with Gasteiger partial charge in [-0.05, 0) is 42.1 Å². The van der Waals surface area contributed by atoms with Crippen molar-refractivity contribution >= 4 is 27.5 Å². The Morgan fingerprint density at radius 2 is 2.05 bits per heavy atom. The van der Waals surface area contributed by atoms with Crippen LogP contribution in [0.1, 0.15) is 51.7 Å². The highest BCUT2D eigenvalue weighted by molar-refractivity contribution is 9.09. The van der Waals surface area contributed by atoms with E-state index in [4.69, 9.17) is 16.3 Å². The number of alkyl halides is 1. The first-order chi connectivity index (χ1) is 9.90. The fourth-order valence-electron chi connectivity index (χ4n) is 4.46. The molecule has 0 N–H and O–H groups in total. The van der Waals surface area contributed by atoms with Gasteiger partial charge in [-0.1, -0.05) is 66.5 Å². The van der Waals surface area contributed by atoms with E-state index in [0.29, 0.717) is 16.9 Å². The second-order valence-electron chi connectivity index (χ2n) is 7.40. The molecule has 4 unspecified atom stereocenters. The van der Waals surface area contributed by atoms with Gasteiger partial charge >= 0.3 is 0 Å². The first kappa shape index (κ1) is 15.8. The third-order valence-corrected chi connectivity index (χ3v) is 7.37. The lowest BCUT2D eigenvalue weighted by molar-refractivity contribution is -0.0797. The van der Waals surface area contributed by atoms with E-state index in [1.807, 2.05) is 18.2 Å². The molecule has 0 radical (unpaired) electrons. The normalized spacial score (nSPS) is 35.1. The summed E-state index contributed by atoms with van der Waals surface area (Å²) in [6.45, 7) is 7.27. The van der Waals surface area contributed by atoms with Crippen molar-refractivity contribution < 1.29 is 4.74 Å². The van der Waals surface area contributed by atoms with Crippen molar-refractivity contribution in [3.05, 3.63) is 34.9 Å². The lowest BCUT2D eigenvalue weighted by Crippen LogP contribution is -2.38. The highest BCUT2D eigenvalue weighted by Gasteiger charge is 2.62.